The first-order chi connectivity index (χ1) is 15.0. The molecule has 0 fully saturated rings. The van der Waals surface area contributed by atoms with Crippen molar-refractivity contribution in [3.63, 3.8) is 0 Å². The highest BCUT2D eigenvalue weighted by Crippen LogP contribution is 2.26. The van der Waals surface area contributed by atoms with Crippen molar-refractivity contribution in [1.29, 1.82) is 0 Å². The second-order valence-corrected chi connectivity index (χ2v) is 7.39. The van der Waals surface area contributed by atoms with E-state index in [0.29, 0.717) is 47.7 Å². The Hall–Kier alpha value is -3.94. The number of ether oxygens (including phenoxy) is 1. The number of methoxy groups -OCH3 is 1. The third kappa shape index (κ3) is 3.26. The molecule has 0 spiro atoms. The first-order valence-electron chi connectivity index (χ1n) is 9.86. The lowest BCUT2D eigenvalue weighted by Crippen LogP contribution is -2.38. The summed E-state index contributed by atoms with van der Waals surface area (Å²) in [5.74, 6) is 0.156. The van der Waals surface area contributed by atoms with Crippen LogP contribution in [0.3, 0.4) is 0 Å². The van der Waals surface area contributed by atoms with Gasteiger partial charge in [-0.1, -0.05) is 12.1 Å². The SMILES string of the molecule is COc1ccc(C(=O)N2CCc3[nH]c(=O)n4cc(-c5ccccc5F)nc4c3C2)cc1. The molecule has 0 aliphatic carbocycles. The number of carbonyl (C=O) groups is 1. The molecule has 8 heteroatoms. The number of hydrogen-bond donors (Lipinski definition) is 1. The lowest BCUT2D eigenvalue weighted by atomic mass is 10.1. The number of benzene rings is 2. The monoisotopic (exact) mass is 418 g/mol. The fourth-order valence-electron chi connectivity index (χ4n) is 3.93. The van der Waals surface area contributed by atoms with Crippen molar-refractivity contribution >= 4 is 11.6 Å². The van der Waals surface area contributed by atoms with Crippen LogP contribution in [0.1, 0.15) is 21.6 Å². The molecule has 1 amide bonds. The Kier molecular flexibility index (Phi) is 4.54. The van der Waals surface area contributed by atoms with Gasteiger partial charge in [-0.3, -0.25) is 9.20 Å². The molecule has 7 nitrogen and oxygen atoms in total. The summed E-state index contributed by atoms with van der Waals surface area (Å²) < 4.78 is 20.8. The molecule has 0 saturated heterocycles. The van der Waals surface area contributed by atoms with Gasteiger partial charge in [0.1, 0.15) is 17.2 Å². The second kappa shape index (κ2) is 7.39. The number of amides is 1. The van der Waals surface area contributed by atoms with Gasteiger partial charge >= 0.3 is 5.69 Å². The summed E-state index contributed by atoms with van der Waals surface area (Å²) in [5, 5.41) is 0. The highest BCUT2D eigenvalue weighted by molar-refractivity contribution is 5.94. The molecular formula is C23H19FN4O3. The van der Waals surface area contributed by atoms with Crippen molar-refractivity contribution in [3.05, 3.63) is 87.9 Å². The van der Waals surface area contributed by atoms with Crippen LogP contribution < -0.4 is 10.4 Å². The largest absolute Gasteiger partial charge is 0.497 e. The maximum atomic E-state index is 14.3. The van der Waals surface area contributed by atoms with Crippen LogP contribution in [0.15, 0.2) is 59.5 Å². The van der Waals surface area contributed by atoms with Crippen molar-refractivity contribution in [2.45, 2.75) is 13.0 Å². The molecule has 2 aromatic carbocycles. The van der Waals surface area contributed by atoms with E-state index in [1.807, 2.05) is 0 Å². The molecule has 4 aromatic rings. The zero-order valence-electron chi connectivity index (χ0n) is 16.8. The summed E-state index contributed by atoms with van der Waals surface area (Å²) in [5.41, 5.74) is 2.86. The first-order valence-corrected chi connectivity index (χ1v) is 9.86. The number of carbonyl (C=O) groups excluding carboxylic acids is 1. The molecule has 0 radical (unpaired) electrons. The summed E-state index contributed by atoms with van der Waals surface area (Å²) in [7, 11) is 1.57. The molecule has 2 aromatic heterocycles. The summed E-state index contributed by atoms with van der Waals surface area (Å²) in [4.78, 5) is 34.7. The third-order valence-corrected chi connectivity index (χ3v) is 5.57. The van der Waals surface area contributed by atoms with E-state index in [1.54, 1.807) is 54.5 Å². The molecule has 0 unspecified atom stereocenters. The Balaban J connectivity index is 1.54. The number of rotatable bonds is 3. The number of fused-ring (bicyclic) bond motifs is 3. The van der Waals surface area contributed by atoms with Crippen LogP contribution >= 0.6 is 0 Å². The van der Waals surface area contributed by atoms with E-state index < -0.39 is 5.82 Å². The fourth-order valence-corrected chi connectivity index (χ4v) is 3.93. The van der Waals surface area contributed by atoms with E-state index in [9.17, 15) is 14.0 Å². The zero-order chi connectivity index (χ0) is 21.5. The highest BCUT2D eigenvalue weighted by atomic mass is 19.1. The molecule has 5 rings (SSSR count). The van der Waals surface area contributed by atoms with Gasteiger partial charge in [0.2, 0.25) is 0 Å². The molecular weight excluding hydrogens is 399 g/mol. The molecule has 156 valence electrons. The van der Waals surface area contributed by atoms with Gasteiger partial charge in [-0.2, -0.15) is 0 Å². The van der Waals surface area contributed by atoms with Crippen LogP contribution in [-0.4, -0.2) is 38.8 Å². The predicted octanol–water partition coefficient (Wildman–Crippen LogP) is 3.04. The van der Waals surface area contributed by atoms with E-state index in [4.69, 9.17) is 4.74 Å². The average Bonchev–Trinajstić information content (AvgIpc) is 3.25. The zero-order valence-corrected chi connectivity index (χ0v) is 16.8. The predicted molar refractivity (Wildman–Crippen MR) is 113 cm³/mol. The maximum Gasteiger partial charge on any atom is 0.331 e. The Bertz CT molecular complexity index is 1360. The Morgan fingerprint density at radius 1 is 1.16 bits per heavy atom. The number of hydrogen-bond acceptors (Lipinski definition) is 4. The summed E-state index contributed by atoms with van der Waals surface area (Å²) >= 11 is 0. The minimum absolute atomic E-state index is 0.112. The summed E-state index contributed by atoms with van der Waals surface area (Å²) in [6.45, 7) is 0.777. The Morgan fingerprint density at radius 2 is 1.94 bits per heavy atom. The Morgan fingerprint density at radius 3 is 2.68 bits per heavy atom. The smallest absolute Gasteiger partial charge is 0.331 e. The average molecular weight is 418 g/mol. The van der Waals surface area contributed by atoms with Crippen molar-refractivity contribution in [3.8, 4) is 17.0 Å². The quantitative estimate of drug-likeness (QED) is 0.555. The third-order valence-electron chi connectivity index (χ3n) is 5.57. The Labute approximate surface area is 176 Å². The van der Waals surface area contributed by atoms with Crippen molar-refractivity contribution < 1.29 is 13.9 Å². The van der Waals surface area contributed by atoms with Crippen LogP contribution in [0.4, 0.5) is 4.39 Å². The summed E-state index contributed by atoms with van der Waals surface area (Å²) in [6, 6.07) is 13.2. The van der Waals surface area contributed by atoms with Gasteiger partial charge in [-0.25, -0.2) is 14.2 Å². The highest BCUT2D eigenvalue weighted by Gasteiger charge is 2.26. The second-order valence-electron chi connectivity index (χ2n) is 7.39. The minimum Gasteiger partial charge on any atom is -0.497 e. The number of H-pyrrole nitrogens is 1. The van der Waals surface area contributed by atoms with Crippen LogP contribution in [0, 0.1) is 5.82 Å². The molecule has 31 heavy (non-hydrogen) atoms. The number of imidazole rings is 1. The molecule has 0 saturated carbocycles. The number of aromatic amines is 1. The fraction of sp³-hybridized carbons (Fsp3) is 0.174. The van der Waals surface area contributed by atoms with E-state index in [1.165, 1.54) is 16.7 Å². The number of nitrogens with zero attached hydrogens (tertiary/aromatic N) is 3. The van der Waals surface area contributed by atoms with Gasteiger partial charge in [0.05, 0.1) is 19.3 Å². The maximum absolute atomic E-state index is 14.3. The van der Waals surface area contributed by atoms with Crippen LogP contribution in [-0.2, 0) is 13.0 Å². The lowest BCUT2D eigenvalue weighted by molar-refractivity contribution is 0.0734. The topological polar surface area (TPSA) is 79.7 Å². The van der Waals surface area contributed by atoms with E-state index in [2.05, 4.69) is 9.97 Å². The van der Waals surface area contributed by atoms with Crippen LogP contribution in [0.2, 0.25) is 0 Å². The minimum atomic E-state index is -0.410. The van der Waals surface area contributed by atoms with Gasteiger partial charge in [0, 0.05) is 41.5 Å². The number of nitrogens with one attached hydrogen (secondary N) is 1. The van der Waals surface area contributed by atoms with E-state index in [0.717, 1.165) is 11.3 Å². The van der Waals surface area contributed by atoms with Crippen molar-refractivity contribution in [2.75, 3.05) is 13.7 Å². The van der Waals surface area contributed by atoms with Gasteiger partial charge in [0.15, 0.2) is 0 Å². The number of aromatic nitrogens is 3. The molecule has 3 heterocycles. The number of halogens is 1. The first kappa shape index (κ1) is 19.0. The van der Waals surface area contributed by atoms with Crippen molar-refractivity contribution in [1.82, 2.24) is 19.3 Å². The van der Waals surface area contributed by atoms with Gasteiger partial charge < -0.3 is 14.6 Å². The molecule has 1 aliphatic heterocycles. The molecule has 0 atom stereocenters. The lowest BCUT2D eigenvalue weighted by Gasteiger charge is -2.28. The standard InChI is InChI=1S/C23H19FN4O3/c1-31-15-8-6-14(7-9-15)22(29)27-11-10-19-17(12-27)21-25-20(13-28(21)23(30)26-19)16-4-2-3-5-18(16)24/h2-9,13H,10-12H2,1H3,(H,26,30). The van der Waals surface area contributed by atoms with E-state index in [-0.39, 0.29) is 11.6 Å². The van der Waals surface area contributed by atoms with Crippen LogP contribution in [0.5, 0.6) is 5.75 Å². The van der Waals surface area contributed by atoms with Crippen LogP contribution in [0.25, 0.3) is 16.9 Å². The molecule has 1 aliphatic rings. The molecule has 1 N–H and O–H groups in total. The van der Waals surface area contributed by atoms with Gasteiger partial charge in [-0.15, -0.1) is 0 Å². The van der Waals surface area contributed by atoms with Gasteiger partial charge in [-0.05, 0) is 36.4 Å². The van der Waals surface area contributed by atoms with E-state index >= 15 is 0 Å². The normalized spacial score (nSPS) is 13.3. The molecule has 0 bridgehead atoms. The summed E-state index contributed by atoms with van der Waals surface area (Å²) in [6.07, 6.45) is 2.03. The van der Waals surface area contributed by atoms with Crippen molar-refractivity contribution in [2.24, 2.45) is 0 Å². The van der Waals surface area contributed by atoms with Gasteiger partial charge in [0.25, 0.3) is 5.91 Å².